The molecule has 1 aromatic heterocycles. The number of carboxylic acids is 1. The molecule has 0 bridgehead atoms. The third kappa shape index (κ3) is 4.52. The number of ether oxygens (including phenoxy) is 2. The van der Waals surface area contributed by atoms with Crippen LogP contribution in [0.1, 0.15) is 52.7 Å². The van der Waals surface area contributed by atoms with Crippen molar-refractivity contribution in [2.75, 3.05) is 18.5 Å². The molecule has 5 atom stereocenters. The second-order valence-electron chi connectivity index (χ2n) is 10.7. The van der Waals surface area contributed by atoms with Crippen LogP contribution in [0.5, 0.6) is 5.75 Å². The highest BCUT2D eigenvalue weighted by Gasteiger charge is 2.45. The Hall–Kier alpha value is -3.49. The molecule has 1 saturated carbocycles. The maximum Gasteiger partial charge on any atom is 0.307 e. The lowest BCUT2D eigenvalue weighted by molar-refractivity contribution is -0.138. The van der Waals surface area contributed by atoms with Crippen LogP contribution in [0.4, 0.5) is 10.1 Å². The Balaban J connectivity index is 1.24. The van der Waals surface area contributed by atoms with Gasteiger partial charge >= 0.3 is 5.97 Å². The van der Waals surface area contributed by atoms with E-state index in [1.807, 2.05) is 44.2 Å². The molecule has 38 heavy (non-hydrogen) atoms. The topological polar surface area (TPSA) is 101 Å². The van der Waals surface area contributed by atoms with Crippen molar-refractivity contribution in [3.05, 3.63) is 76.4 Å². The first-order valence-electron chi connectivity index (χ1n) is 13.1. The molecule has 3 aromatic rings. The fraction of sp³-hybridized carbons (Fsp3) is 0.400. The summed E-state index contributed by atoms with van der Waals surface area (Å²) in [7, 11) is 0. The van der Waals surface area contributed by atoms with Crippen LogP contribution in [0.25, 0.3) is 11.1 Å². The van der Waals surface area contributed by atoms with Gasteiger partial charge in [-0.25, -0.2) is 4.39 Å². The van der Waals surface area contributed by atoms with Gasteiger partial charge in [0.2, 0.25) is 0 Å². The van der Waals surface area contributed by atoms with E-state index < -0.39 is 12.1 Å². The maximum absolute atomic E-state index is 15.2. The molecule has 3 aliphatic rings. The van der Waals surface area contributed by atoms with Gasteiger partial charge in [0.1, 0.15) is 23.8 Å². The number of anilines is 1. The number of aliphatic hydroxyl groups excluding tert-OH is 1. The molecule has 6 rings (SSSR count). The molecule has 3 N–H and O–H groups in total. The summed E-state index contributed by atoms with van der Waals surface area (Å²) in [6.45, 7) is 4.70. The van der Waals surface area contributed by atoms with Gasteiger partial charge in [-0.1, -0.05) is 6.07 Å². The molecule has 2 aliphatic carbocycles. The molecule has 1 aliphatic heterocycles. The zero-order valence-corrected chi connectivity index (χ0v) is 21.4. The Morgan fingerprint density at radius 1 is 1.16 bits per heavy atom. The van der Waals surface area contributed by atoms with Crippen LogP contribution in [0, 0.1) is 25.6 Å². The van der Waals surface area contributed by atoms with Crippen LogP contribution < -0.4 is 10.1 Å². The van der Waals surface area contributed by atoms with E-state index in [2.05, 4.69) is 10.3 Å². The van der Waals surface area contributed by atoms with Gasteiger partial charge in [0.05, 0.1) is 37.1 Å². The normalized spacial score (nSPS) is 25.7. The number of pyridine rings is 1. The van der Waals surface area contributed by atoms with Gasteiger partial charge < -0.3 is 25.0 Å². The lowest BCUT2D eigenvalue weighted by atomic mass is 9.90. The average Bonchev–Trinajstić information content (AvgIpc) is 3.43. The number of carbonyl (C=O) groups is 1. The monoisotopic (exact) mass is 518 g/mol. The number of benzene rings is 2. The summed E-state index contributed by atoms with van der Waals surface area (Å²) in [5, 5.41) is 22.7. The van der Waals surface area contributed by atoms with Crippen LogP contribution in [0.2, 0.25) is 0 Å². The largest absolute Gasteiger partial charge is 0.485 e. The van der Waals surface area contributed by atoms with Crippen LogP contribution in [0.3, 0.4) is 0 Å². The highest BCUT2D eigenvalue weighted by molar-refractivity contribution is 5.77. The number of aryl methyl sites for hydroxylation is 2. The van der Waals surface area contributed by atoms with Crippen molar-refractivity contribution < 1.29 is 28.9 Å². The molecule has 2 fully saturated rings. The number of rotatable bonds is 7. The Bertz CT molecular complexity index is 1370. The van der Waals surface area contributed by atoms with Crippen LogP contribution in [-0.4, -0.2) is 46.6 Å². The molecular formula is C30H31FN2O5. The van der Waals surface area contributed by atoms with Gasteiger partial charge in [-0.3, -0.25) is 9.78 Å². The summed E-state index contributed by atoms with van der Waals surface area (Å²) in [5.74, 6) is -0.674. The van der Waals surface area contributed by atoms with Crippen molar-refractivity contribution in [1.29, 1.82) is 0 Å². The van der Waals surface area contributed by atoms with Crippen LogP contribution in [-0.2, 0) is 16.0 Å². The number of hydrogen-bond donors (Lipinski definition) is 3. The summed E-state index contributed by atoms with van der Waals surface area (Å²) in [6, 6.07) is 10.9. The smallest absolute Gasteiger partial charge is 0.307 e. The van der Waals surface area contributed by atoms with Crippen LogP contribution in [0.15, 0.2) is 42.6 Å². The number of nitrogens with zero attached hydrogens (tertiary/aromatic N) is 1. The van der Waals surface area contributed by atoms with Crippen molar-refractivity contribution in [2.45, 2.75) is 57.3 Å². The van der Waals surface area contributed by atoms with Gasteiger partial charge in [0.15, 0.2) is 0 Å². The van der Waals surface area contributed by atoms with Crippen molar-refractivity contribution in [1.82, 2.24) is 4.98 Å². The predicted molar refractivity (Wildman–Crippen MR) is 140 cm³/mol. The van der Waals surface area contributed by atoms with E-state index in [1.54, 1.807) is 12.3 Å². The molecule has 2 heterocycles. The number of nitrogens with one attached hydrogen (secondary N) is 1. The Morgan fingerprint density at radius 2 is 1.95 bits per heavy atom. The fourth-order valence-electron chi connectivity index (χ4n) is 6.03. The molecule has 8 heteroatoms. The molecular weight excluding hydrogens is 487 g/mol. The number of aromatic nitrogens is 1. The third-order valence-electron chi connectivity index (χ3n) is 8.01. The number of aliphatic carboxylic acids is 1. The van der Waals surface area contributed by atoms with Crippen molar-refractivity contribution in [3.63, 3.8) is 0 Å². The molecule has 1 saturated heterocycles. The minimum absolute atomic E-state index is 0.0198. The third-order valence-corrected chi connectivity index (χ3v) is 8.01. The first-order valence-corrected chi connectivity index (χ1v) is 13.1. The van der Waals surface area contributed by atoms with Gasteiger partial charge in [-0.05, 0) is 91.3 Å². The molecule has 1 unspecified atom stereocenters. The average molecular weight is 519 g/mol. The minimum Gasteiger partial charge on any atom is -0.485 e. The molecule has 198 valence electrons. The lowest BCUT2D eigenvalue weighted by Crippen LogP contribution is -2.29. The van der Waals surface area contributed by atoms with Gasteiger partial charge in [-0.2, -0.15) is 0 Å². The van der Waals surface area contributed by atoms with Gasteiger partial charge in [-0.15, -0.1) is 0 Å². The summed E-state index contributed by atoms with van der Waals surface area (Å²) in [4.78, 5) is 15.6. The number of halogens is 1. The van der Waals surface area contributed by atoms with Crippen molar-refractivity contribution in [3.8, 4) is 16.9 Å². The van der Waals surface area contributed by atoms with E-state index in [4.69, 9.17) is 9.47 Å². The zero-order chi connectivity index (χ0) is 26.6. The predicted octanol–water partition coefficient (Wildman–Crippen LogP) is 4.93. The number of aliphatic hydroxyl groups is 1. The molecule has 2 aromatic carbocycles. The summed E-state index contributed by atoms with van der Waals surface area (Å²) in [6.07, 6.45) is 2.83. The molecule has 0 radical (unpaired) electrons. The Labute approximate surface area is 220 Å². The second kappa shape index (κ2) is 9.67. The zero-order valence-electron chi connectivity index (χ0n) is 21.4. The van der Waals surface area contributed by atoms with Crippen molar-refractivity contribution >= 4 is 11.7 Å². The first-order chi connectivity index (χ1) is 18.3. The quantitative estimate of drug-likeness (QED) is 0.408. The molecule has 7 nitrogen and oxygen atoms in total. The van der Waals surface area contributed by atoms with E-state index in [-0.39, 0.29) is 36.4 Å². The first kappa shape index (κ1) is 24.8. The SMILES string of the molecule is Cc1cc(O[C@@H]2COC[C@H]2O)cc(C)c1-c1ccc(F)c2c1CCC2Nc1ccc([C@H]2C[C@@H]2C(=O)O)nc1. The summed E-state index contributed by atoms with van der Waals surface area (Å²) < 4.78 is 26.5. The fourth-order valence-corrected chi connectivity index (χ4v) is 6.03. The van der Waals surface area contributed by atoms with E-state index >= 15 is 4.39 Å². The summed E-state index contributed by atoms with van der Waals surface area (Å²) >= 11 is 0. The Morgan fingerprint density at radius 3 is 2.58 bits per heavy atom. The van der Waals surface area contributed by atoms with Gasteiger partial charge in [0, 0.05) is 17.2 Å². The van der Waals surface area contributed by atoms with Crippen molar-refractivity contribution in [2.24, 2.45) is 5.92 Å². The Kier molecular flexibility index (Phi) is 6.32. The van der Waals surface area contributed by atoms with Crippen LogP contribution >= 0.6 is 0 Å². The summed E-state index contributed by atoms with van der Waals surface area (Å²) in [5.41, 5.74) is 7.42. The number of fused-ring (bicyclic) bond motifs is 1. The standard InChI is InChI=1S/C30H31FN2O5/c1-15-9-18(38-27-14-37-13-26(27)34)10-16(2)28(15)19-4-6-23(31)29-20(19)5-8-25(29)33-17-3-7-24(32-12-17)21-11-22(21)30(35)36/h3-4,6-7,9-10,12,21-22,25-27,33-34H,5,8,11,13-14H2,1-2H3,(H,35,36)/t21-,22-,25?,26+,27+/m0/s1. The minimum atomic E-state index is -0.775. The van der Waals surface area contributed by atoms with Gasteiger partial charge in [0.25, 0.3) is 0 Å². The number of hydrogen-bond acceptors (Lipinski definition) is 6. The molecule has 0 spiro atoms. The second-order valence-corrected chi connectivity index (χ2v) is 10.7. The van der Waals surface area contributed by atoms with E-state index in [1.165, 1.54) is 0 Å². The highest BCUT2D eigenvalue weighted by Crippen LogP contribution is 2.47. The van der Waals surface area contributed by atoms with E-state index in [0.717, 1.165) is 52.0 Å². The van der Waals surface area contributed by atoms with E-state index in [0.29, 0.717) is 24.3 Å². The maximum atomic E-state index is 15.2. The highest BCUT2D eigenvalue weighted by atomic mass is 19.1. The molecule has 0 amide bonds. The van der Waals surface area contributed by atoms with E-state index in [9.17, 15) is 15.0 Å². The lowest BCUT2D eigenvalue weighted by Gasteiger charge is -2.20. The number of carboxylic acid groups (broad SMARTS) is 1.